The van der Waals surface area contributed by atoms with Crippen LogP contribution in [0, 0.1) is 10.8 Å². The van der Waals surface area contributed by atoms with Crippen molar-refractivity contribution in [3.8, 4) is 0 Å². The predicted molar refractivity (Wildman–Crippen MR) is 188 cm³/mol. The maximum absolute atomic E-state index is 13.7. The molecule has 1 saturated heterocycles. The molecule has 268 valence electrons. The molecule has 7 heteroatoms. The molecule has 0 bridgehead atoms. The second-order valence-corrected chi connectivity index (χ2v) is 15.8. The average molecular weight is 686 g/mol. The molecule has 3 aliphatic rings. The fourth-order valence-electron chi connectivity index (χ4n) is 8.69. The van der Waals surface area contributed by atoms with Gasteiger partial charge >= 0.3 is 12.4 Å². The molecule has 0 radical (unpaired) electrons. The lowest BCUT2D eigenvalue weighted by Crippen LogP contribution is -2.33. The fourth-order valence-corrected chi connectivity index (χ4v) is 8.69. The van der Waals surface area contributed by atoms with Crippen molar-refractivity contribution >= 4 is 5.57 Å². The van der Waals surface area contributed by atoms with E-state index in [-0.39, 0.29) is 28.5 Å². The summed E-state index contributed by atoms with van der Waals surface area (Å²) in [5.74, 6) is -0.535. The zero-order chi connectivity index (χ0) is 35.9. The number of rotatable bonds is 11. The second kappa shape index (κ2) is 14.0. The molecular weight excluding hydrogens is 632 g/mol. The molecule has 49 heavy (non-hydrogen) atoms. The van der Waals surface area contributed by atoms with Crippen LogP contribution in [0.3, 0.4) is 0 Å². The standard InChI is InChI=1S/C42H53F6N/c1-8-11-27(3)40(16-10-17-40)19-14-30-12-13-31(9-2)38(21-30)36-15-18-39(6,7)25-33(36)26-49-28(4)20-37(29(49)5)32-22-34(41(43,44)45)24-35(23-32)42(46,47)48/h12-13,21-24,29,37H,3-4,8-11,14-20,25-26H2,1-2,5-7H3. The molecule has 2 aliphatic carbocycles. The van der Waals surface area contributed by atoms with Gasteiger partial charge < -0.3 is 4.90 Å². The topological polar surface area (TPSA) is 3.24 Å². The van der Waals surface area contributed by atoms with Crippen LogP contribution in [0.2, 0.25) is 0 Å². The Morgan fingerprint density at radius 2 is 1.59 bits per heavy atom. The van der Waals surface area contributed by atoms with Crippen LogP contribution in [0.25, 0.3) is 5.57 Å². The summed E-state index contributed by atoms with van der Waals surface area (Å²) in [4.78, 5) is 2.13. The Hall–Kier alpha value is -2.96. The summed E-state index contributed by atoms with van der Waals surface area (Å²) in [5.41, 5.74) is 6.60. The minimum atomic E-state index is -4.88. The largest absolute Gasteiger partial charge is 0.416 e. The lowest BCUT2D eigenvalue weighted by molar-refractivity contribution is -0.143. The summed E-state index contributed by atoms with van der Waals surface area (Å²) in [7, 11) is 0. The first-order valence-corrected chi connectivity index (χ1v) is 18.1. The minimum absolute atomic E-state index is 0.0586. The van der Waals surface area contributed by atoms with Crippen molar-refractivity contribution < 1.29 is 26.3 Å². The molecule has 2 unspecified atom stereocenters. The van der Waals surface area contributed by atoms with Crippen molar-refractivity contribution in [2.24, 2.45) is 10.8 Å². The first-order valence-electron chi connectivity index (χ1n) is 18.1. The number of hydrogen-bond donors (Lipinski definition) is 0. The van der Waals surface area contributed by atoms with Crippen LogP contribution in [-0.2, 0) is 25.2 Å². The minimum Gasteiger partial charge on any atom is -0.368 e. The number of halogens is 6. The monoisotopic (exact) mass is 685 g/mol. The van der Waals surface area contributed by atoms with E-state index in [1.165, 1.54) is 52.7 Å². The molecule has 5 rings (SSSR count). The maximum atomic E-state index is 13.7. The van der Waals surface area contributed by atoms with Gasteiger partial charge in [0.15, 0.2) is 0 Å². The summed E-state index contributed by atoms with van der Waals surface area (Å²) < 4.78 is 82.4. The third-order valence-corrected chi connectivity index (χ3v) is 11.9. The van der Waals surface area contributed by atoms with Gasteiger partial charge in [0.25, 0.3) is 0 Å². The van der Waals surface area contributed by atoms with E-state index < -0.39 is 29.4 Å². The molecule has 2 aromatic rings. The zero-order valence-electron chi connectivity index (χ0n) is 29.9. The van der Waals surface area contributed by atoms with Crippen molar-refractivity contribution in [1.82, 2.24) is 4.90 Å². The van der Waals surface area contributed by atoms with E-state index in [2.05, 4.69) is 64.0 Å². The number of hydrogen-bond acceptors (Lipinski definition) is 1. The number of likely N-dealkylation sites (tertiary alicyclic amines) is 1. The number of nitrogens with zero attached hydrogens (tertiary/aromatic N) is 1. The van der Waals surface area contributed by atoms with Gasteiger partial charge in [-0.1, -0.05) is 77.5 Å². The van der Waals surface area contributed by atoms with Crippen LogP contribution in [0.4, 0.5) is 26.3 Å². The highest BCUT2D eigenvalue weighted by Gasteiger charge is 2.42. The predicted octanol–water partition coefficient (Wildman–Crippen LogP) is 13.1. The van der Waals surface area contributed by atoms with E-state index in [9.17, 15) is 26.3 Å². The van der Waals surface area contributed by atoms with Crippen molar-refractivity contribution in [2.75, 3.05) is 6.54 Å². The van der Waals surface area contributed by atoms with Crippen LogP contribution in [-0.4, -0.2) is 17.5 Å². The molecule has 1 aliphatic heterocycles. The molecule has 0 N–H and O–H groups in total. The quantitative estimate of drug-likeness (QED) is 0.168. The molecule has 1 saturated carbocycles. The van der Waals surface area contributed by atoms with Crippen LogP contribution >= 0.6 is 0 Å². The lowest BCUT2D eigenvalue weighted by atomic mass is 9.61. The van der Waals surface area contributed by atoms with Crippen LogP contribution in [0.5, 0.6) is 0 Å². The summed E-state index contributed by atoms with van der Waals surface area (Å²) >= 11 is 0. The molecule has 2 aromatic carbocycles. The third-order valence-electron chi connectivity index (χ3n) is 11.9. The van der Waals surface area contributed by atoms with E-state index in [1.54, 1.807) is 0 Å². The Labute approximate surface area is 289 Å². The van der Waals surface area contributed by atoms with Gasteiger partial charge in [-0.15, -0.1) is 0 Å². The SMILES string of the molecule is C=C1CC(c2cc(C(F)(F)F)cc(C(F)(F)F)c2)C(C)N1CC1=C(c2cc(CCC3(C(=C)CCC)CCC3)ccc2CC)CCC(C)(C)C1. The van der Waals surface area contributed by atoms with Crippen molar-refractivity contribution in [3.05, 3.63) is 99.8 Å². The molecule has 1 nitrogen and oxygen atoms in total. The second-order valence-electron chi connectivity index (χ2n) is 15.8. The van der Waals surface area contributed by atoms with Crippen LogP contribution in [0.1, 0.15) is 138 Å². The highest BCUT2D eigenvalue weighted by molar-refractivity contribution is 5.73. The Bertz CT molecular complexity index is 1550. The van der Waals surface area contributed by atoms with E-state index in [0.717, 1.165) is 69.2 Å². The summed E-state index contributed by atoms with van der Waals surface area (Å²) in [6.45, 7) is 20.2. The van der Waals surface area contributed by atoms with Crippen LogP contribution in [0.15, 0.2) is 66.4 Å². The van der Waals surface area contributed by atoms with Crippen molar-refractivity contribution in [1.29, 1.82) is 0 Å². The van der Waals surface area contributed by atoms with Gasteiger partial charge in [0.2, 0.25) is 0 Å². The molecular formula is C42H53F6N. The average Bonchev–Trinajstić information content (AvgIpc) is 3.27. The van der Waals surface area contributed by atoms with E-state index >= 15 is 0 Å². The maximum Gasteiger partial charge on any atom is 0.416 e. The van der Waals surface area contributed by atoms with Crippen molar-refractivity contribution in [3.63, 3.8) is 0 Å². The number of alkyl halides is 6. The Morgan fingerprint density at radius 1 is 0.939 bits per heavy atom. The van der Waals surface area contributed by atoms with E-state index in [1.807, 2.05) is 6.92 Å². The van der Waals surface area contributed by atoms with E-state index in [0.29, 0.717) is 13.0 Å². The molecule has 0 spiro atoms. The molecule has 0 amide bonds. The summed E-state index contributed by atoms with van der Waals surface area (Å²) in [6.07, 6.45) is 2.37. The molecule has 0 aromatic heterocycles. The summed E-state index contributed by atoms with van der Waals surface area (Å²) in [5, 5.41) is 0. The normalized spacial score (nSPS) is 22.4. The number of aryl methyl sites for hydroxylation is 2. The van der Waals surface area contributed by atoms with Gasteiger partial charge in [-0.2, -0.15) is 26.3 Å². The van der Waals surface area contributed by atoms with E-state index in [4.69, 9.17) is 0 Å². The smallest absolute Gasteiger partial charge is 0.368 e. The Morgan fingerprint density at radius 3 is 2.14 bits per heavy atom. The van der Waals surface area contributed by atoms with Gasteiger partial charge in [0.05, 0.1) is 11.1 Å². The van der Waals surface area contributed by atoms with Gasteiger partial charge in [-0.3, -0.25) is 0 Å². The number of benzene rings is 2. The first kappa shape index (κ1) is 37.3. The Kier molecular flexibility index (Phi) is 10.6. The Balaban J connectivity index is 1.46. The van der Waals surface area contributed by atoms with Crippen molar-refractivity contribution in [2.45, 2.75) is 136 Å². The summed E-state index contributed by atoms with van der Waals surface area (Å²) in [6, 6.07) is 8.64. The molecule has 2 atom stereocenters. The van der Waals surface area contributed by atoms with Crippen LogP contribution < -0.4 is 0 Å². The molecule has 2 fully saturated rings. The van der Waals surface area contributed by atoms with Gasteiger partial charge in [0.1, 0.15) is 0 Å². The van der Waals surface area contributed by atoms with Gasteiger partial charge in [0, 0.05) is 24.2 Å². The first-order chi connectivity index (χ1) is 22.9. The molecule has 1 heterocycles. The third kappa shape index (κ3) is 8.01. The lowest BCUT2D eigenvalue weighted by Gasteiger charge is -2.44. The van der Waals surface area contributed by atoms with Gasteiger partial charge in [-0.25, -0.2) is 0 Å². The number of allylic oxidation sites excluding steroid dienone is 3. The highest BCUT2D eigenvalue weighted by atomic mass is 19.4. The zero-order valence-corrected chi connectivity index (χ0v) is 29.9. The van der Waals surface area contributed by atoms with Gasteiger partial charge in [-0.05, 0) is 134 Å². The fraction of sp³-hybridized carbons (Fsp3) is 0.571. The highest BCUT2D eigenvalue weighted by Crippen LogP contribution is 2.52.